The number of carbonyl (C=O) groups excluding carboxylic acids is 1. The van der Waals surface area contributed by atoms with E-state index in [0.717, 1.165) is 6.42 Å². The maximum absolute atomic E-state index is 11.1. The van der Waals surface area contributed by atoms with Gasteiger partial charge in [-0.15, -0.1) is 0 Å². The van der Waals surface area contributed by atoms with Crippen LogP contribution in [0.25, 0.3) is 0 Å². The molecular formula is C14H18N4O8. The Hall–Kier alpha value is -3.15. The zero-order chi connectivity index (χ0) is 19.9. The fraction of sp³-hybridized carbons (Fsp3) is 0.500. The molecule has 0 radical (unpaired) electrons. The SMILES string of the molecule is CC(=O)CC1CCCC[NH2+]1.O=[N+]([O-])c1cc([N+](=O)[O-])c([O-])c([N+](=O)[O-])c1. The number of nitrogens with two attached hydrogens (primary N) is 1. The number of ketones is 1. The summed E-state index contributed by atoms with van der Waals surface area (Å²) in [7, 11) is 0. The zero-order valence-corrected chi connectivity index (χ0v) is 14.0. The lowest BCUT2D eigenvalue weighted by Gasteiger charge is -2.18. The molecule has 1 aliphatic heterocycles. The fourth-order valence-electron chi connectivity index (χ4n) is 2.54. The third-order valence-corrected chi connectivity index (χ3v) is 3.72. The Morgan fingerprint density at radius 1 is 1.08 bits per heavy atom. The number of nitro groups is 3. The summed E-state index contributed by atoms with van der Waals surface area (Å²) in [5.41, 5.74) is -3.26. The van der Waals surface area contributed by atoms with Gasteiger partial charge in [-0.05, 0) is 26.2 Å². The second kappa shape index (κ2) is 9.36. The number of non-ortho nitro benzene ring substituents is 1. The summed E-state index contributed by atoms with van der Waals surface area (Å²) < 4.78 is 0. The molecule has 0 aromatic heterocycles. The quantitative estimate of drug-likeness (QED) is 0.575. The highest BCUT2D eigenvalue weighted by atomic mass is 16.6. The third kappa shape index (κ3) is 6.05. The molecule has 1 unspecified atom stereocenters. The molecule has 0 bridgehead atoms. The van der Waals surface area contributed by atoms with Crippen molar-refractivity contribution in [2.75, 3.05) is 6.54 Å². The molecule has 1 aromatic carbocycles. The van der Waals surface area contributed by atoms with Crippen LogP contribution in [-0.4, -0.2) is 33.1 Å². The van der Waals surface area contributed by atoms with Crippen molar-refractivity contribution in [3.8, 4) is 5.75 Å². The van der Waals surface area contributed by atoms with E-state index < -0.39 is 37.6 Å². The molecule has 1 fully saturated rings. The van der Waals surface area contributed by atoms with Crippen molar-refractivity contribution in [2.24, 2.45) is 0 Å². The van der Waals surface area contributed by atoms with E-state index in [2.05, 4.69) is 5.32 Å². The van der Waals surface area contributed by atoms with Gasteiger partial charge in [-0.3, -0.25) is 35.1 Å². The first-order valence-electron chi connectivity index (χ1n) is 7.74. The van der Waals surface area contributed by atoms with Gasteiger partial charge in [-0.2, -0.15) is 0 Å². The van der Waals surface area contributed by atoms with Crippen LogP contribution in [0, 0.1) is 30.3 Å². The lowest BCUT2D eigenvalue weighted by atomic mass is 10.0. The van der Waals surface area contributed by atoms with E-state index in [-0.39, 0.29) is 0 Å². The van der Waals surface area contributed by atoms with Gasteiger partial charge < -0.3 is 10.4 Å². The largest absolute Gasteiger partial charge is 0.863 e. The average Bonchev–Trinajstić information content (AvgIpc) is 2.55. The molecular weight excluding hydrogens is 352 g/mol. The zero-order valence-electron chi connectivity index (χ0n) is 14.0. The molecule has 0 saturated carbocycles. The molecule has 0 spiro atoms. The van der Waals surface area contributed by atoms with E-state index in [1.165, 1.54) is 25.8 Å². The van der Waals surface area contributed by atoms with Crippen LogP contribution in [0.15, 0.2) is 12.1 Å². The summed E-state index contributed by atoms with van der Waals surface area (Å²) in [5, 5.41) is 44.4. The number of hydrogen-bond acceptors (Lipinski definition) is 8. The van der Waals surface area contributed by atoms with Crippen LogP contribution in [0.5, 0.6) is 5.75 Å². The van der Waals surface area contributed by atoms with Crippen LogP contribution in [0.2, 0.25) is 0 Å². The van der Waals surface area contributed by atoms with Crippen molar-refractivity contribution < 1.29 is 30.0 Å². The predicted molar refractivity (Wildman–Crippen MR) is 85.6 cm³/mol. The van der Waals surface area contributed by atoms with Crippen LogP contribution in [-0.2, 0) is 4.79 Å². The lowest BCUT2D eigenvalue weighted by Crippen LogP contribution is -2.91. The van der Waals surface area contributed by atoms with Crippen LogP contribution in [0.3, 0.4) is 0 Å². The smallest absolute Gasteiger partial charge is 0.283 e. The Kier molecular flexibility index (Phi) is 7.52. The van der Waals surface area contributed by atoms with Gasteiger partial charge in [0.25, 0.3) is 17.1 Å². The Balaban J connectivity index is 0.000000289. The highest BCUT2D eigenvalue weighted by molar-refractivity contribution is 5.75. The first kappa shape index (κ1) is 20.9. The van der Waals surface area contributed by atoms with E-state index >= 15 is 0 Å². The van der Waals surface area contributed by atoms with Gasteiger partial charge >= 0.3 is 0 Å². The fourth-order valence-corrected chi connectivity index (χ4v) is 2.54. The van der Waals surface area contributed by atoms with Crippen molar-refractivity contribution in [1.82, 2.24) is 0 Å². The molecule has 1 aromatic rings. The summed E-state index contributed by atoms with van der Waals surface area (Å²) in [4.78, 5) is 38.2. The summed E-state index contributed by atoms with van der Waals surface area (Å²) in [5.74, 6) is -1.12. The number of piperidine rings is 1. The minimum atomic E-state index is -1.46. The number of quaternary nitrogens is 1. The van der Waals surface area contributed by atoms with E-state index in [4.69, 9.17) is 0 Å². The molecule has 1 atom stereocenters. The molecule has 1 saturated heterocycles. The molecule has 2 N–H and O–H groups in total. The maximum Gasteiger partial charge on any atom is 0.283 e. The predicted octanol–water partition coefficient (Wildman–Crippen LogP) is 0.566. The summed E-state index contributed by atoms with van der Waals surface area (Å²) >= 11 is 0. The second-order valence-electron chi connectivity index (χ2n) is 5.77. The van der Waals surface area contributed by atoms with E-state index in [0.29, 0.717) is 24.0 Å². The Labute approximate surface area is 147 Å². The number of nitro benzene ring substituents is 3. The van der Waals surface area contributed by atoms with Gasteiger partial charge in [-0.25, -0.2) is 0 Å². The van der Waals surface area contributed by atoms with Crippen molar-refractivity contribution >= 4 is 22.8 Å². The first-order valence-corrected chi connectivity index (χ1v) is 7.74. The summed E-state index contributed by atoms with van der Waals surface area (Å²) in [6.07, 6.45) is 4.66. The number of Topliss-reactive ketones (excluding diaryl/α,β-unsaturated/α-hetero) is 1. The van der Waals surface area contributed by atoms with Gasteiger partial charge in [-0.1, -0.05) is 0 Å². The minimum absolute atomic E-state index is 0.336. The minimum Gasteiger partial charge on any atom is -0.863 e. The van der Waals surface area contributed by atoms with Gasteiger partial charge in [0, 0.05) is 0 Å². The number of nitrogens with zero attached hydrogens (tertiary/aromatic N) is 3. The van der Waals surface area contributed by atoms with Gasteiger partial charge in [0.15, 0.2) is 0 Å². The van der Waals surface area contributed by atoms with Crippen LogP contribution >= 0.6 is 0 Å². The maximum atomic E-state index is 11.1. The van der Waals surface area contributed by atoms with Crippen molar-refractivity contribution in [2.45, 2.75) is 38.6 Å². The molecule has 2 rings (SSSR count). The van der Waals surface area contributed by atoms with Crippen molar-refractivity contribution in [3.63, 3.8) is 0 Å². The van der Waals surface area contributed by atoms with Gasteiger partial charge in [0.1, 0.15) is 5.78 Å². The molecule has 26 heavy (non-hydrogen) atoms. The molecule has 12 heteroatoms. The molecule has 142 valence electrons. The van der Waals surface area contributed by atoms with Crippen LogP contribution in [0.1, 0.15) is 32.6 Å². The molecule has 0 amide bonds. The van der Waals surface area contributed by atoms with Gasteiger partial charge in [0.05, 0.1) is 51.7 Å². The Bertz CT molecular complexity index is 680. The number of carbonyl (C=O) groups is 1. The highest BCUT2D eigenvalue weighted by Crippen LogP contribution is 2.36. The highest BCUT2D eigenvalue weighted by Gasteiger charge is 2.24. The molecule has 12 nitrogen and oxygen atoms in total. The number of hydrogen-bond donors (Lipinski definition) is 1. The third-order valence-electron chi connectivity index (χ3n) is 3.72. The normalized spacial score (nSPS) is 16.1. The van der Waals surface area contributed by atoms with Crippen molar-refractivity contribution in [3.05, 3.63) is 42.5 Å². The molecule has 1 aliphatic rings. The average molecular weight is 370 g/mol. The Morgan fingerprint density at radius 3 is 1.96 bits per heavy atom. The second-order valence-corrected chi connectivity index (χ2v) is 5.77. The van der Waals surface area contributed by atoms with Gasteiger partial charge in [0.2, 0.25) is 0 Å². The summed E-state index contributed by atoms with van der Waals surface area (Å²) in [6, 6.07) is 1.37. The number of benzene rings is 1. The van der Waals surface area contributed by atoms with Crippen LogP contribution < -0.4 is 10.4 Å². The van der Waals surface area contributed by atoms with E-state index in [1.807, 2.05) is 0 Å². The van der Waals surface area contributed by atoms with Crippen LogP contribution in [0.4, 0.5) is 17.1 Å². The molecule has 1 heterocycles. The molecule has 0 aliphatic carbocycles. The summed E-state index contributed by atoms with van der Waals surface area (Å²) in [6.45, 7) is 2.90. The first-order chi connectivity index (χ1) is 12.1. The topological polar surface area (TPSA) is 186 Å². The monoisotopic (exact) mass is 370 g/mol. The Morgan fingerprint density at radius 2 is 1.62 bits per heavy atom. The standard InChI is InChI=1S/C8H15NO.C6H3N3O7/c1-7(10)6-8-4-2-3-5-9-8;10-6-4(8(13)14)1-3(7(11)12)2-5(6)9(15)16/h8-9H,2-6H2,1H3;1-2,10H. The van der Waals surface area contributed by atoms with Crippen molar-refractivity contribution in [1.29, 1.82) is 0 Å². The number of rotatable bonds is 5. The van der Waals surface area contributed by atoms with E-state index in [1.54, 1.807) is 6.92 Å². The van der Waals surface area contributed by atoms with E-state index in [9.17, 15) is 40.2 Å². The lowest BCUT2D eigenvalue weighted by molar-refractivity contribution is -0.696.